The van der Waals surface area contributed by atoms with Crippen LogP contribution in [0.25, 0.3) is 10.0 Å². The van der Waals surface area contributed by atoms with Gasteiger partial charge in [0.2, 0.25) is 10.3 Å². The van der Waals surface area contributed by atoms with Gasteiger partial charge >= 0.3 is 17.1 Å². The van der Waals surface area contributed by atoms with Crippen LogP contribution in [0, 0.1) is 0 Å². The molecule has 1 radical (unpaired) electrons. The van der Waals surface area contributed by atoms with Gasteiger partial charge in [-0.25, -0.2) is 8.42 Å². The van der Waals surface area contributed by atoms with E-state index in [1.165, 1.54) is 22.7 Å². The van der Waals surface area contributed by atoms with Crippen molar-refractivity contribution >= 4 is 87.3 Å². The number of anilines is 4. The summed E-state index contributed by atoms with van der Waals surface area (Å²) in [4.78, 5) is 8.76. The van der Waals surface area contributed by atoms with Crippen LogP contribution in [0.15, 0.2) is 56.9 Å². The fraction of sp³-hybridized carbons (Fsp3) is 0.579. The number of sulfonamides is 1. The van der Waals surface area contributed by atoms with Crippen molar-refractivity contribution in [3.05, 3.63) is 46.4 Å². The Labute approximate surface area is 364 Å². The molecule has 0 amide bonds. The van der Waals surface area contributed by atoms with Gasteiger partial charge < -0.3 is 29.6 Å². The summed E-state index contributed by atoms with van der Waals surface area (Å²) >= 11 is 2.79. The van der Waals surface area contributed by atoms with Crippen molar-refractivity contribution in [2.24, 2.45) is 20.5 Å². The van der Waals surface area contributed by atoms with Crippen molar-refractivity contribution in [2.45, 2.75) is 107 Å². The maximum atomic E-state index is 11.8. The Morgan fingerprint density at radius 2 is 0.966 bits per heavy atom. The van der Waals surface area contributed by atoms with Crippen LogP contribution in [0.3, 0.4) is 0 Å². The van der Waals surface area contributed by atoms with Gasteiger partial charge in [-0.15, -0.1) is 53.6 Å². The van der Waals surface area contributed by atoms with E-state index < -0.39 is 10.0 Å². The summed E-state index contributed by atoms with van der Waals surface area (Å²) in [5, 5.41) is 40.8. The summed E-state index contributed by atoms with van der Waals surface area (Å²) in [5.41, 5.74) is 4.18. The van der Waals surface area contributed by atoms with Gasteiger partial charge in [-0.3, -0.25) is 0 Å². The Kier molecular flexibility index (Phi) is 20.4. The summed E-state index contributed by atoms with van der Waals surface area (Å²) in [5.74, 6) is 0. The van der Waals surface area contributed by atoms with Crippen LogP contribution in [0.2, 0.25) is 0 Å². The average Bonchev–Trinajstić information content (AvgIpc) is 3.80. The second-order valence-corrected chi connectivity index (χ2v) is 17.6. The summed E-state index contributed by atoms with van der Waals surface area (Å²) in [7, 11) is -1.82. The predicted octanol–water partition coefficient (Wildman–Crippen LogP) is 11.4. The zero-order valence-corrected chi connectivity index (χ0v) is 39.6. The van der Waals surface area contributed by atoms with E-state index in [9.17, 15) is 8.42 Å². The molecule has 2 aromatic carbocycles. The van der Waals surface area contributed by atoms with Gasteiger partial charge in [-0.2, -0.15) is 0 Å². The van der Waals surface area contributed by atoms with Crippen LogP contribution >= 0.6 is 22.7 Å². The van der Waals surface area contributed by atoms with Gasteiger partial charge in [0, 0.05) is 68.0 Å². The third kappa shape index (κ3) is 14.4. The molecule has 0 spiro atoms. The molecular weight excluding hydrogens is 844 g/mol. The Hall–Kier alpha value is -3.97. The number of nitrogens with zero attached hydrogens (tertiary/aromatic N) is 14. The van der Waals surface area contributed by atoms with Crippen molar-refractivity contribution in [3.8, 4) is 0 Å². The van der Waals surface area contributed by atoms with Crippen LogP contribution in [0.1, 0.15) is 83.1 Å². The SMILES string of the molecule is CCN(CC)c1ccc(N=Nc2nnc(N(C(C)C)C(C)C)s2)c([N-]C)c1.CCN(CC)c1ccc(N=Nc2nnc(N(C(C)C)C(C)C)s2)c([N-]S(C)(=O)=O)c1.[Cu+2]. The Morgan fingerprint density at radius 3 is 1.29 bits per heavy atom. The largest absolute Gasteiger partial charge is 2.00 e. The van der Waals surface area contributed by atoms with E-state index in [1.807, 2.05) is 32.0 Å². The molecule has 0 aliphatic heterocycles. The molecule has 4 aromatic rings. The third-order valence-corrected chi connectivity index (χ3v) is 10.8. The smallest absolute Gasteiger partial charge is 0.685 e. The first-order valence-electron chi connectivity index (χ1n) is 19.3. The predicted molar refractivity (Wildman–Crippen MR) is 240 cm³/mol. The Bertz CT molecular complexity index is 1990. The maximum absolute atomic E-state index is 11.8. The fourth-order valence-electron chi connectivity index (χ4n) is 6.17. The van der Waals surface area contributed by atoms with E-state index in [4.69, 9.17) is 0 Å². The molecule has 0 N–H and O–H groups in total. The van der Waals surface area contributed by atoms with Crippen molar-refractivity contribution in [1.29, 1.82) is 0 Å². The molecule has 2 heterocycles. The third-order valence-electron chi connectivity index (χ3n) is 8.64. The van der Waals surface area contributed by atoms with Crippen LogP contribution in [-0.4, -0.2) is 92.5 Å². The Balaban J connectivity index is 0.000000395. The van der Waals surface area contributed by atoms with Crippen LogP contribution < -0.4 is 19.6 Å². The zero-order valence-electron chi connectivity index (χ0n) is 36.2. The molecule has 0 bridgehead atoms. The average molecular weight is 905 g/mol. The molecular formula is C38H60CuN14O2S3. The van der Waals surface area contributed by atoms with Crippen molar-refractivity contribution < 1.29 is 25.5 Å². The standard InChI is InChI=1S/C19H30N7O2S2.C19H30N7S.Cu/c1-8-25(9-2)15-10-11-16(17(12-15)24-30(7,27)28)20-21-18-22-23-19(29-18)26(13(3)4)14(5)6;1-8-25(9-2)15-10-11-16(17(12-15)20-7)21-22-18-23-24-19(27-18)26(13(3)4)14(5)6;/h10-14H,8-9H2,1-7H3;10-14H,8-9H2,1-7H3;/q2*-1;+2. The second kappa shape index (κ2) is 23.6. The van der Waals surface area contributed by atoms with Crippen LogP contribution in [0.4, 0.5) is 54.7 Å². The van der Waals surface area contributed by atoms with Gasteiger partial charge in [0.1, 0.15) is 0 Å². The topological polar surface area (TPSA) is 176 Å². The normalized spacial score (nSPS) is 11.7. The molecule has 323 valence electrons. The minimum atomic E-state index is -3.59. The van der Waals surface area contributed by atoms with Gasteiger partial charge in [0.25, 0.3) is 10.3 Å². The summed E-state index contributed by atoms with van der Waals surface area (Å²) in [6.45, 7) is 28.8. The zero-order chi connectivity index (χ0) is 42.4. The minimum absolute atomic E-state index is 0. The van der Waals surface area contributed by atoms with Gasteiger partial charge in [0.05, 0.1) is 21.4 Å². The first-order chi connectivity index (χ1) is 27.0. The van der Waals surface area contributed by atoms with E-state index in [0.29, 0.717) is 28.0 Å². The first-order valence-corrected chi connectivity index (χ1v) is 22.8. The minimum Gasteiger partial charge on any atom is -0.685 e. The maximum Gasteiger partial charge on any atom is 2.00 e. The summed E-state index contributed by atoms with van der Waals surface area (Å²) in [6.07, 6.45) is 1.06. The molecule has 2 aromatic heterocycles. The monoisotopic (exact) mass is 903 g/mol. The molecule has 0 aliphatic carbocycles. The quantitative estimate of drug-likeness (QED) is 0.0650. The van der Waals surface area contributed by atoms with Gasteiger partial charge in [-0.05, 0) is 107 Å². The number of hydrogen-bond donors (Lipinski definition) is 0. The van der Waals surface area contributed by atoms with E-state index in [2.05, 4.69) is 146 Å². The van der Waals surface area contributed by atoms with Crippen molar-refractivity contribution in [3.63, 3.8) is 0 Å². The fourth-order valence-corrected chi connectivity index (χ4v) is 8.54. The van der Waals surface area contributed by atoms with Crippen LogP contribution in [0.5, 0.6) is 0 Å². The molecule has 0 unspecified atom stereocenters. The molecule has 58 heavy (non-hydrogen) atoms. The van der Waals surface area contributed by atoms with E-state index in [-0.39, 0.29) is 34.8 Å². The van der Waals surface area contributed by atoms with E-state index in [0.717, 1.165) is 65.4 Å². The first kappa shape index (κ1) is 50.2. The van der Waals surface area contributed by atoms with Crippen molar-refractivity contribution in [1.82, 2.24) is 20.4 Å². The van der Waals surface area contributed by atoms with Gasteiger partial charge in [0.15, 0.2) is 0 Å². The van der Waals surface area contributed by atoms with E-state index >= 15 is 0 Å². The molecule has 4 rings (SSSR count). The number of aromatic nitrogens is 4. The molecule has 16 nitrogen and oxygen atoms in total. The Morgan fingerprint density at radius 1 is 0.603 bits per heavy atom. The molecule has 20 heteroatoms. The molecule has 0 atom stereocenters. The number of hydrogen-bond acceptors (Lipinski definition) is 16. The number of azo groups is 2. The summed E-state index contributed by atoms with van der Waals surface area (Å²) < 4.78 is 27.4. The molecule has 0 fully saturated rings. The molecule has 0 aliphatic rings. The molecule has 0 saturated heterocycles. The van der Waals surface area contributed by atoms with Gasteiger partial charge in [-0.1, -0.05) is 40.5 Å². The van der Waals surface area contributed by atoms with E-state index in [1.54, 1.807) is 19.2 Å². The summed E-state index contributed by atoms with van der Waals surface area (Å²) in [6, 6.07) is 12.6. The molecule has 0 saturated carbocycles. The van der Waals surface area contributed by atoms with Crippen LogP contribution in [-0.2, 0) is 27.1 Å². The number of benzene rings is 2. The van der Waals surface area contributed by atoms with Crippen molar-refractivity contribution in [2.75, 3.05) is 59.1 Å². The second-order valence-electron chi connectivity index (χ2n) is 14.1. The number of rotatable bonds is 19.